The molecule has 2 aromatic rings. The summed E-state index contributed by atoms with van der Waals surface area (Å²) < 4.78 is 0. The number of nitrogens with one attached hydrogen (secondary N) is 2. The zero-order chi connectivity index (χ0) is 19.1. The fourth-order valence-electron chi connectivity index (χ4n) is 2.18. The SMILES string of the molecule is CSc1ccccc1NC(=O)CN(C)[C@@H](C)C(=O)Nc1ccc(Cl)cn1. The number of halogens is 1. The van der Waals surface area contributed by atoms with Gasteiger partial charge in [0.25, 0.3) is 0 Å². The van der Waals surface area contributed by atoms with Gasteiger partial charge in [-0.1, -0.05) is 23.7 Å². The summed E-state index contributed by atoms with van der Waals surface area (Å²) in [5.41, 5.74) is 0.765. The average molecular weight is 393 g/mol. The molecular formula is C18H21ClN4O2S. The van der Waals surface area contributed by atoms with Crippen molar-refractivity contribution in [3.63, 3.8) is 0 Å². The van der Waals surface area contributed by atoms with Crippen LogP contribution in [0.4, 0.5) is 11.5 Å². The molecule has 2 N–H and O–H groups in total. The fourth-order valence-corrected chi connectivity index (χ4v) is 2.85. The largest absolute Gasteiger partial charge is 0.324 e. The van der Waals surface area contributed by atoms with Crippen LogP contribution < -0.4 is 10.6 Å². The van der Waals surface area contributed by atoms with E-state index in [1.165, 1.54) is 6.20 Å². The Kier molecular flexibility index (Phi) is 7.44. The number of nitrogens with zero attached hydrogens (tertiary/aromatic N) is 2. The minimum absolute atomic E-state index is 0.0886. The van der Waals surface area contributed by atoms with E-state index in [9.17, 15) is 9.59 Å². The van der Waals surface area contributed by atoms with Gasteiger partial charge in [0, 0.05) is 11.1 Å². The Labute approximate surface area is 162 Å². The van der Waals surface area contributed by atoms with Crippen molar-refractivity contribution in [2.75, 3.05) is 30.5 Å². The van der Waals surface area contributed by atoms with Gasteiger partial charge in [-0.2, -0.15) is 0 Å². The van der Waals surface area contributed by atoms with Crippen LogP contribution in [0, 0.1) is 0 Å². The van der Waals surface area contributed by atoms with Gasteiger partial charge in [-0.3, -0.25) is 14.5 Å². The lowest BCUT2D eigenvalue weighted by Gasteiger charge is -2.23. The zero-order valence-electron chi connectivity index (χ0n) is 14.8. The topological polar surface area (TPSA) is 74.3 Å². The first-order chi connectivity index (χ1) is 12.4. The van der Waals surface area contributed by atoms with E-state index >= 15 is 0 Å². The van der Waals surface area contributed by atoms with E-state index in [-0.39, 0.29) is 18.4 Å². The number of thioether (sulfide) groups is 1. The Morgan fingerprint density at radius 3 is 2.62 bits per heavy atom. The molecule has 1 atom stereocenters. The van der Waals surface area contributed by atoms with E-state index in [1.54, 1.807) is 42.8 Å². The van der Waals surface area contributed by atoms with Crippen LogP contribution in [0.2, 0.25) is 5.02 Å². The van der Waals surface area contributed by atoms with Crippen LogP contribution in [0.1, 0.15) is 6.92 Å². The van der Waals surface area contributed by atoms with E-state index in [2.05, 4.69) is 15.6 Å². The lowest BCUT2D eigenvalue weighted by atomic mass is 10.2. The Morgan fingerprint density at radius 2 is 1.96 bits per heavy atom. The summed E-state index contributed by atoms with van der Waals surface area (Å²) in [6.07, 6.45) is 3.41. The second-order valence-electron chi connectivity index (χ2n) is 5.69. The van der Waals surface area contributed by atoms with Gasteiger partial charge in [-0.05, 0) is 44.5 Å². The number of para-hydroxylation sites is 1. The molecule has 8 heteroatoms. The maximum absolute atomic E-state index is 12.3. The molecule has 2 amide bonds. The maximum atomic E-state index is 12.3. The van der Waals surface area contributed by atoms with Gasteiger partial charge in [0.2, 0.25) is 11.8 Å². The van der Waals surface area contributed by atoms with E-state index in [1.807, 2.05) is 30.5 Å². The molecule has 6 nitrogen and oxygen atoms in total. The molecule has 0 spiro atoms. The predicted molar refractivity (Wildman–Crippen MR) is 107 cm³/mol. The molecule has 1 heterocycles. The molecule has 0 radical (unpaired) electrons. The van der Waals surface area contributed by atoms with Crippen LogP contribution in [0.15, 0.2) is 47.5 Å². The van der Waals surface area contributed by atoms with Crippen molar-refractivity contribution in [2.24, 2.45) is 0 Å². The molecule has 26 heavy (non-hydrogen) atoms. The lowest BCUT2D eigenvalue weighted by Crippen LogP contribution is -2.43. The molecule has 0 saturated heterocycles. The third-order valence-electron chi connectivity index (χ3n) is 3.79. The minimum atomic E-state index is -0.506. The molecule has 2 rings (SSSR count). The normalized spacial score (nSPS) is 11.9. The van der Waals surface area contributed by atoms with Gasteiger partial charge in [0.05, 0.1) is 23.3 Å². The van der Waals surface area contributed by atoms with Crippen LogP contribution in [0.25, 0.3) is 0 Å². The van der Waals surface area contributed by atoms with Crippen molar-refractivity contribution in [1.82, 2.24) is 9.88 Å². The number of hydrogen-bond acceptors (Lipinski definition) is 5. The molecule has 0 fully saturated rings. The smallest absolute Gasteiger partial charge is 0.242 e. The van der Waals surface area contributed by atoms with Crippen LogP contribution in [0.3, 0.4) is 0 Å². The van der Waals surface area contributed by atoms with Crippen molar-refractivity contribution >= 4 is 46.7 Å². The molecule has 1 aromatic heterocycles. The monoisotopic (exact) mass is 392 g/mol. The number of rotatable bonds is 7. The molecule has 0 aliphatic rings. The van der Waals surface area contributed by atoms with E-state index < -0.39 is 6.04 Å². The molecule has 1 aromatic carbocycles. The molecular weight excluding hydrogens is 372 g/mol. The van der Waals surface area contributed by atoms with Gasteiger partial charge >= 0.3 is 0 Å². The highest BCUT2D eigenvalue weighted by molar-refractivity contribution is 7.98. The summed E-state index contributed by atoms with van der Waals surface area (Å²) in [6, 6.07) is 10.4. The van der Waals surface area contributed by atoms with Crippen molar-refractivity contribution in [3.05, 3.63) is 47.6 Å². The number of hydrogen-bond donors (Lipinski definition) is 2. The van der Waals surface area contributed by atoms with Gasteiger partial charge in [-0.15, -0.1) is 11.8 Å². The second-order valence-corrected chi connectivity index (χ2v) is 6.97. The van der Waals surface area contributed by atoms with Gasteiger partial charge in [-0.25, -0.2) is 4.98 Å². The average Bonchev–Trinajstić information content (AvgIpc) is 2.63. The highest BCUT2D eigenvalue weighted by Gasteiger charge is 2.21. The van der Waals surface area contributed by atoms with Gasteiger partial charge in [0.1, 0.15) is 5.82 Å². The predicted octanol–water partition coefficient (Wildman–Crippen LogP) is 3.35. The molecule has 0 saturated carbocycles. The van der Waals surface area contributed by atoms with Crippen LogP contribution in [-0.4, -0.2) is 47.6 Å². The molecule has 0 aliphatic heterocycles. The van der Waals surface area contributed by atoms with Crippen LogP contribution >= 0.6 is 23.4 Å². The number of carbonyl (C=O) groups excluding carboxylic acids is 2. The summed E-state index contributed by atoms with van der Waals surface area (Å²) in [4.78, 5) is 31.3. The number of likely N-dealkylation sites (N-methyl/N-ethyl adjacent to an activating group) is 1. The minimum Gasteiger partial charge on any atom is -0.324 e. The molecule has 0 aliphatic carbocycles. The highest BCUT2D eigenvalue weighted by atomic mass is 35.5. The van der Waals surface area contributed by atoms with Crippen molar-refractivity contribution in [3.8, 4) is 0 Å². The third-order valence-corrected chi connectivity index (χ3v) is 4.81. The Hall–Kier alpha value is -2.09. The number of amides is 2. The van der Waals surface area contributed by atoms with E-state index in [0.717, 1.165) is 10.6 Å². The third kappa shape index (κ3) is 5.72. The van der Waals surface area contributed by atoms with Crippen molar-refractivity contribution < 1.29 is 9.59 Å². The quantitative estimate of drug-likeness (QED) is 0.707. The summed E-state index contributed by atoms with van der Waals surface area (Å²) >= 11 is 7.34. The molecule has 0 bridgehead atoms. The number of anilines is 2. The van der Waals surface area contributed by atoms with Crippen molar-refractivity contribution in [2.45, 2.75) is 17.9 Å². The number of pyridine rings is 1. The second kappa shape index (κ2) is 9.56. The first-order valence-electron chi connectivity index (χ1n) is 7.96. The summed E-state index contributed by atoms with van der Waals surface area (Å²) in [5, 5.41) is 6.08. The zero-order valence-corrected chi connectivity index (χ0v) is 16.4. The Balaban J connectivity index is 1.90. The first kappa shape index (κ1) is 20.2. The molecule has 138 valence electrons. The summed E-state index contributed by atoms with van der Waals surface area (Å²) in [6.45, 7) is 1.82. The standard InChI is InChI=1S/C18H21ClN4O2S/c1-12(18(25)22-16-9-8-13(19)10-20-16)23(2)11-17(24)21-14-6-4-5-7-15(14)26-3/h4-10,12H,11H2,1-3H3,(H,21,24)(H,20,22,25)/t12-/m0/s1. The van der Waals surface area contributed by atoms with Crippen LogP contribution in [-0.2, 0) is 9.59 Å². The number of aromatic nitrogens is 1. The summed E-state index contributed by atoms with van der Waals surface area (Å²) in [7, 11) is 1.72. The highest BCUT2D eigenvalue weighted by Crippen LogP contribution is 2.24. The van der Waals surface area contributed by atoms with E-state index in [0.29, 0.717) is 10.8 Å². The fraction of sp³-hybridized carbons (Fsp3) is 0.278. The number of carbonyl (C=O) groups is 2. The Morgan fingerprint density at radius 1 is 1.23 bits per heavy atom. The lowest BCUT2D eigenvalue weighted by molar-refractivity contribution is -0.122. The number of benzene rings is 1. The Bertz CT molecular complexity index is 770. The van der Waals surface area contributed by atoms with E-state index in [4.69, 9.17) is 11.6 Å². The van der Waals surface area contributed by atoms with Gasteiger partial charge < -0.3 is 10.6 Å². The summed E-state index contributed by atoms with van der Waals surface area (Å²) in [5.74, 6) is -0.0177. The van der Waals surface area contributed by atoms with Gasteiger partial charge in [0.15, 0.2) is 0 Å². The van der Waals surface area contributed by atoms with Crippen molar-refractivity contribution in [1.29, 1.82) is 0 Å². The molecule has 0 unspecified atom stereocenters. The first-order valence-corrected chi connectivity index (χ1v) is 9.56. The maximum Gasteiger partial charge on any atom is 0.242 e. The van der Waals surface area contributed by atoms with Crippen LogP contribution in [0.5, 0.6) is 0 Å².